The monoisotopic (exact) mass is 480 g/mol. The van der Waals surface area contributed by atoms with E-state index in [1.165, 1.54) is 36.4 Å². The van der Waals surface area contributed by atoms with Crippen LogP contribution in [-0.2, 0) is 10.5 Å². The Balaban J connectivity index is 1.45. The molecule has 30 heavy (non-hydrogen) atoms. The molecule has 0 saturated heterocycles. The molecule has 0 fully saturated rings. The number of carbonyl (C=O) groups is 1. The number of methoxy groups -OCH3 is 1. The molecule has 0 unspecified atom stereocenters. The van der Waals surface area contributed by atoms with E-state index >= 15 is 0 Å². The van der Waals surface area contributed by atoms with Crippen LogP contribution in [0.1, 0.15) is 11.1 Å². The normalized spacial score (nSPS) is 11.0. The largest absolute Gasteiger partial charge is 0.504 e. The summed E-state index contributed by atoms with van der Waals surface area (Å²) in [7, 11) is 1.46. The molecule has 2 N–H and O–H groups in total. The standard InChI is InChI=1S/C19H17ClN4O3S3/c1-27-15-8-4-6-12(17(15)26)9-21-22-16(25)11-29-19-24-23-18(30-19)28-10-13-5-2-3-7-14(13)20/h2-9,26H,10-11H2,1H3,(H,22,25)/b21-9+. The summed E-state index contributed by atoms with van der Waals surface area (Å²) < 4.78 is 6.53. The van der Waals surface area contributed by atoms with Gasteiger partial charge in [0.15, 0.2) is 20.2 Å². The van der Waals surface area contributed by atoms with Crippen LogP contribution in [0.4, 0.5) is 0 Å². The van der Waals surface area contributed by atoms with Gasteiger partial charge in [-0.05, 0) is 23.8 Å². The third kappa shape index (κ3) is 6.36. The summed E-state index contributed by atoms with van der Waals surface area (Å²) in [5, 5.41) is 22.8. The lowest BCUT2D eigenvalue weighted by molar-refractivity contribution is -0.118. The van der Waals surface area contributed by atoms with Gasteiger partial charge >= 0.3 is 0 Å². The Hall–Kier alpha value is -2.27. The summed E-state index contributed by atoms with van der Waals surface area (Å²) in [6, 6.07) is 12.7. The number of hydrogen-bond acceptors (Lipinski definition) is 9. The Morgan fingerprint density at radius 3 is 2.77 bits per heavy atom. The fourth-order valence-corrected chi connectivity index (χ4v) is 5.31. The maximum Gasteiger partial charge on any atom is 0.250 e. The maximum atomic E-state index is 12.0. The van der Waals surface area contributed by atoms with E-state index in [9.17, 15) is 9.90 Å². The number of phenolic OH excluding ortho intramolecular Hbond substituents is 1. The number of amides is 1. The number of aromatic nitrogens is 2. The lowest BCUT2D eigenvalue weighted by atomic mass is 10.2. The molecule has 11 heteroatoms. The van der Waals surface area contributed by atoms with Gasteiger partial charge in [0.1, 0.15) is 0 Å². The molecule has 2 aromatic carbocycles. The first-order chi connectivity index (χ1) is 14.6. The van der Waals surface area contributed by atoms with Crippen LogP contribution in [0.15, 0.2) is 56.2 Å². The summed E-state index contributed by atoms with van der Waals surface area (Å²) in [6.45, 7) is 0. The van der Waals surface area contributed by atoms with Crippen molar-refractivity contribution >= 4 is 58.6 Å². The number of rotatable bonds is 9. The van der Waals surface area contributed by atoms with Crippen LogP contribution < -0.4 is 10.2 Å². The molecule has 0 spiro atoms. The quantitative estimate of drug-likeness (QED) is 0.265. The molecule has 1 amide bonds. The highest BCUT2D eigenvalue weighted by molar-refractivity contribution is 8.03. The molecular weight excluding hydrogens is 464 g/mol. The number of hydrazone groups is 1. The molecule has 3 rings (SSSR count). The number of para-hydroxylation sites is 1. The zero-order chi connectivity index (χ0) is 21.3. The molecule has 0 radical (unpaired) electrons. The Labute approximate surface area is 190 Å². The zero-order valence-corrected chi connectivity index (χ0v) is 18.9. The lowest BCUT2D eigenvalue weighted by Crippen LogP contribution is -2.19. The van der Waals surface area contributed by atoms with Crippen molar-refractivity contribution in [2.45, 2.75) is 14.4 Å². The van der Waals surface area contributed by atoms with Crippen LogP contribution in [0.25, 0.3) is 0 Å². The Morgan fingerprint density at radius 1 is 1.23 bits per heavy atom. The summed E-state index contributed by atoms with van der Waals surface area (Å²) >= 11 is 10.4. The molecule has 0 saturated carbocycles. The Morgan fingerprint density at radius 2 is 2.00 bits per heavy atom. The minimum atomic E-state index is -0.292. The van der Waals surface area contributed by atoms with Gasteiger partial charge in [-0.25, -0.2) is 5.43 Å². The first-order valence-corrected chi connectivity index (χ1v) is 11.7. The number of nitrogens with one attached hydrogen (secondary N) is 1. The number of thioether (sulfide) groups is 2. The average Bonchev–Trinajstić information content (AvgIpc) is 3.21. The van der Waals surface area contributed by atoms with Crippen LogP contribution in [0.3, 0.4) is 0 Å². The van der Waals surface area contributed by atoms with Crippen molar-refractivity contribution in [3.63, 3.8) is 0 Å². The lowest BCUT2D eigenvalue weighted by Gasteiger charge is -2.04. The van der Waals surface area contributed by atoms with E-state index in [0.29, 0.717) is 21.4 Å². The first kappa shape index (κ1) is 22.4. The molecule has 1 aromatic heterocycles. The predicted molar refractivity (Wildman–Crippen MR) is 122 cm³/mol. The van der Waals surface area contributed by atoms with Crippen molar-refractivity contribution in [3.05, 3.63) is 58.6 Å². The first-order valence-electron chi connectivity index (χ1n) is 8.57. The molecule has 0 aliphatic carbocycles. The van der Waals surface area contributed by atoms with E-state index in [1.54, 1.807) is 30.0 Å². The Bertz CT molecular complexity index is 1050. The van der Waals surface area contributed by atoms with Gasteiger partial charge < -0.3 is 9.84 Å². The van der Waals surface area contributed by atoms with E-state index in [2.05, 4.69) is 20.7 Å². The van der Waals surface area contributed by atoms with Gasteiger partial charge in [0.25, 0.3) is 5.91 Å². The molecule has 0 bridgehead atoms. The van der Waals surface area contributed by atoms with Crippen molar-refractivity contribution < 1.29 is 14.6 Å². The van der Waals surface area contributed by atoms with Crippen LogP contribution >= 0.6 is 46.5 Å². The molecular formula is C19H17ClN4O3S3. The fraction of sp³-hybridized carbons (Fsp3) is 0.158. The number of ether oxygens (including phenoxy) is 1. The maximum absolute atomic E-state index is 12.0. The van der Waals surface area contributed by atoms with Gasteiger partial charge in [0, 0.05) is 16.3 Å². The summed E-state index contributed by atoms with van der Waals surface area (Å²) in [4.78, 5) is 12.0. The second-order valence-electron chi connectivity index (χ2n) is 5.69. The Kier molecular flexibility index (Phi) is 8.38. The number of carbonyl (C=O) groups excluding carboxylic acids is 1. The topological polar surface area (TPSA) is 96.7 Å². The number of hydrogen-bond donors (Lipinski definition) is 2. The van der Waals surface area contributed by atoms with Gasteiger partial charge in [0.05, 0.1) is 19.1 Å². The minimum Gasteiger partial charge on any atom is -0.504 e. The summed E-state index contributed by atoms with van der Waals surface area (Å²) in [5.41, 5.74) is 3.89. The SMILES string of the molecule is COc1cccc(/C=N/NC(=O)CSc2nnc(SCc3ccccc3Cl)s2)c1O. The summed E-state index contributed by atoms with van der Waals surface area (Å²) in [6.07, 6.45) is 1.36. The predicted octanol–water partition coefficient (Wildman–Crippen LogP) is 4.44. The van der Waals surface area contributed by atoms with Crippen LogP contribution in [0.5, 0.6) is 11.5 Å². The third-order valence-corrected chi connectivity index (χ3v) is 7.27. The van der Waals surface area contributed by atoms with Crippen molar-refractivity contribution in [1.82, 2.24) is 15.6 Å². The van der Waals surface area contributed by atoms with Crippen molar-refractivity contribution in [1.29, 1.82) is 0 Å². The average molecular weight is 481 g/mol. The van der Waals surface area contributed by atoms with Gasteiger partial charge in [0.2, 0.25) is 0 Å². The van der Waals surface area contributed by atoms with E-state index in [1.807, 2.05) is 24.3 Å². The number of aromatic hydroxyl groups is 1. The van der Waals surface area contributed by atoms with Gasteiger partial charge in [-0.2, -0.15) is 5.10 Å². The van der Waals surface area contributed by atoms with Crippen molar-refractivity contribution in [3.8, 4) is 11.5 Å². The van der Waals surface area contributed by atoms with Crippen LogP contribution in [-0.4, -0.2) is 40.3 Å². The smallest absolute Gasteiger partial charge is 0.250 e. The van der Waals surface area contributed by atoms with Crippen molar-refractivity contribution in [2.24, 2.45) is 5.10 Å². The molecule has 0 aliphatic rings. The highest BCUT2D eigenvalue weighted by atomic mass is 35.5. The number of halogens is 1. The van der Waals surface area contributed by atoms with Crippen molar-refractivity contribution in [2.75, 3.05) is 12.9 Å². The number of phenols is 1. The molecule has 156 valence electrons. The molecule has 7 nitrogen and oxygen atoms in total. The van der Waals surface area contributed by atoms with E-state index < -0.39 is 0 Å². The van der Waals surface area contributed by atoms with Crippen LogP contribution in [0.2, 0.25) is 5.02 Å². The second-order valence-corrected chi connectivity index (χ2v) is 9.52. The zero-order valence-electron chi connectivity index (χ0n) is 15.7. The minimum absolute atomic E-state index is 0.0388. The molecule has 0 aliphatic heterocycles. The highest BCUT2D eigenvalue weighted by Gasteiger charge is 2.10. The highest BCUT2D eigenvalue weighted by Crippen LogP contribution is 2.32. The number of nitrogens with zero attached hydrogens (tertiary/aromatic N) is 3. The fourth-order valence-electron chi connectivity index (χ4n) is 2.21. The van der Waals surface area contributed by atoms with Crippen LogP contribution in [0, 0.1) is 0 Å². The third-order valence-electron chi connectivity index (χ3n) is 3.67. The molecule has 1 heterocycles. The molecule has 3 aromatic rings. The number of benzene rings is 2. The van der Waals surface area contributed by atoms with E-state index in [0.717, 1.165) is 14.9 Å². The second kappa shape index (κ2) is 11.2. The summed E-state index contributed by atoms with van der Waals surface area (Å²) in [5.74, 6) is 0.846. The van der Waals surface area contributed by atoms with E-state index in [-0.39, 0.29) is 17.4 Å². The van der Waals surface area contributed by atoms with Gasteiger partial charge in [-0.3, -0.25) is 4.79 Å². The van der Waals surface area contributed by atoms with E-state index in [4.69, 9.17) is 16.3 Å². The molecule has 0 atom stereocenters. The van der Waals surface area contributed by atoms with Gasteiger partial charge in [-0.1, -0.05) is 70.7 Å². The van der Waals surface area contributed by atoms with Gasteiger partial charge in [-0.15, -0.1) is 10.2 Å².